The zero-order valence-electron chi connectivity index (χ0n) is 23.7. The van der Waals surface area contributed by atoms with Gasteiger partial charge in [0.05, 0.1) is 11.4 Å². The number of aromatic amines is 2. The van der Waals surface area contributed by atoms with E-state index in [0.717, 1.165) is 66.6 Å². The Labute approximate surface area is 225 Å². The summed E-state index contributed by atoms with van der Waals surface area (Å²) < 4.78 is 0. The second-order valence-corrected chi connectivity index (χ2v) is 11.4. The predicted molar refractivity (Wildman–Crippen MR) is 158 cm³/mol. The van der Waals surface area contributed by atoms with Gasteiger partial charge >= 0.3 is 0 Å². The molecule has 0 spiro atoms. The van der Waals surface area contributed by atoms with Crippen molar-refractivity contribution in [2.45, 2.75) is 91.9 Å². The third kappa shape index (κ3) is 3.78. The molecule has 5 heteroatoms. The molecule has 0 saturated heterocycles. The van der Waals surface area contributed by atoms with Crippen molar-refractivity contribution in [1.29, 1.82) is 0 Å². The first-order chi connectivity index (χ1) is 18.4. The van der Waals surface area contributed by atoms with Gasteiger partial charge in [0.2, 0.25) is 0 Å². The molecule has 1 aliphatic carbocycles. The minimum atomic E-state index is 0.217. The van der Waals surface area contributed by atoms with Crippen molar-refractivity contribution in [3.05, 3.63) is 68.8 Å². The zero-order valence-corrected chi connectivity index (χ0v) is 23.7. The summed E-state index contributed by atoms with van der Waals surface area (Å²) in [6.45, 7) is 13.7. The van der Waals surface area contributed by atoms with Crippen molar-refractivity contribution < 1.29 is 5.11 Å². The maximum Gasteiger partial charge on any atom is 0.0722 e. The summed E-state index contributed by atoms with van der Waals surface area (Å²) in [6, 6.07) is 6.84. The molecule has 3 aromatic heterocycles. The second kappa shape index (κ2) is 9.53. The van der Waals surface area contributed by atoms with Gasteiger partial charge in [0.15, 0.2) is 0 Å². The number of H-pyrrole nitrogens is 2. The fourth-order valence-corrected chi connectivity index (χ4v) is 7.07. The van der Waals surface area contributed by atoms with Crippen molar-refractivity contribution in [2.75, 3.05) is 6.61 Å². The minimum absolute atomic E-state index is 0.217. The van der Waals surface area contributed by atoms with Crippen LogP contribution in [0.1, 0.15) is 109 Å². The van der Waals surface area contributed by atoms with E-state index in [-0.39, 0.29) is 6.61 Å². The smallest absolute Gasteiger partial charge is 0.0722 e. The van der Waals surface area contributed by atoms with Crippen LogP contribution in [0.25, 0.3) is 33.2 Å². The number of aromatic nitrogens is 4. The number of hydrogen-bond acceptors (Lipinski definition) is 3. The van der Waals surface area contributed by atoms with E-state index in [1.165, 1.54) is 55.7 Å². The third-order valence-electron chi connectivity index (χ3n) is 9.39. The van der Waals surface area contributed by atoms with Crippen molar-refractivity contribution in [3.63, 3.8) is 0 Å². The normalized spacial score (nSPS) is 18.6. The number of nitrogens with one attached hydrogen (secondary N) is 2. The molecule has 3 aliphatic rings. The molecular weight excluding hydrogens is 468 g/mol. The minimum Gasteiger partial charge on any atom is -0.396 e. The van der Waals surface area contributed by atoms with E-state index < -0.39 is 0 Å². The van der Waals surface area contributed by atoms with Crippen LogP contribution in [-0.4, -0.2) is 31.6 Å². The molecule has 38 heavy (non-hydrogen) atoms. The summed E-state index contributed by atoms with van der Waals surface area (Å²) in [4.78, 5) is 18.1. The molecule has 2 atom stereocenters. The van der Waals surface area contributed by atoms with Gasteiger partial charge in [0.1, 0.15) is 0 Å². The fraction of sp³-hybridized carbons (Fsp3) is 0.455. The first-order valence-corrected chi connectivity index (χ1v) is 14.4. The van der Waals surface area contributed by atoms with Gasteiger partial charge < -0.3 is 15.1 Å². The van der Waals surface area contributed by atoms with E-state index in [0.29, 0.717) is 11.8 Å². The zero-order chi connectivity index (χ0) is 26.7. The second-order valence-electron chi connectivity index (χ2n) is 11.4. The van der Waals surface area contributed by atoms with Gasteiger partial charge in [-0.25, -0.2) is 4.98 Å². The number of nitrogens with zero attached hydrogens (tertiary/aromatic N) is 2. The summed E-state index contributed by atoms with van der Waals surface area (Å²) in [5.74, 6) is 0.604. The molecule has 3 aromatic rings. The van der Waals surface area contributed by atoms with E-state index in [9.17, 15) is 5.11 Å². The molecule has 2 aliphatic heterocycles. The van der Waals surface area contributed by atoms with E-state index in [4.69, 9.17) is 9.97 Å². The van der Waals surface area contributed by atoms with Crippen LogP contribution in [0.15, 0.2) is 18.2 Å². The van der Waals surface area contributed by atoms with Gasteiger partial charge in [-0.1, -0.05) is 20.8 Å². The van der Waals surface area contributed by atoms with Crippen LogP contribution in [-0.2, 0) is 19.3 Å². The molecule has 6 rings (SSSR count). The van der Waals surface area contributed by atoms with Gasteiger partial charge in [-0.2, -0.15) is 0 Å². The Kier molecular flexibility index (Phi) is 6.30. The van der Waals surface area contributed by atoms with E-state index in [1.807, 2.05) is 0 Å². The maximum absolute atomic E-state index is 9.66. The van der Waals surface area contributed by atoms with Crippen molar-refractivity contribution in [3.8, 4) is 0 Å². The van der Waals surface area contributed by atoms with Crippen molar-refractivity contribution >= 4 is 33.2 Å². The Bertz CT molecular complexity index is 1630. The summed E-state index contributed by atoms with van der Waals surface area (Å²) in [6.07, 6.45) is 5.71. The summed E-state index contributed by atoms with van der Waals surface area (Å²) in [7, 11) is 0. The Morgan fingerprint density at radius 3 is 2.18 bits per heavy atom. The highest BCUT2D eigenvalue weighted by Gasteiger charge is 2.35. The molecule has 0 radical (unpaired) electrons. The highest BCUT2D eigenvalue weighted by atomic mass is 16.2. The Morgan fingerprint density at radius 1 is 0.868 bits per heavy atom. The molecule has 0 saturated carbocycles. The maximum atomic E-state index is 9.66. The average Bonchev–Trinajstić information content (AvgIpc) is 3.66. The van der Waals surface area contributed by atoms with Crippen LogP contribution in [0.3, 0.4) is 0 Å². The number of allylic oxidation sites excluding steroid dienone is 2. The molecule has 198 valence electrons. The van der Waals surface area contributed by atoms with Gasteiger partial charge in [-0.3, -0.25) is 4.98 Å². The van der Waals surface area contributed by atoms with Crippen LogP contribution in [0.5, 0.6) is 0 Å². The van der Waals surface area contributed by atoms with E-state index >= 15 is 0 Å². The lowest BCUT2D eigenvalue weighted by atomic mass is 9.86. The lowest BCUT2D eigenvalue weighted by molar-refractivity contribution is 0.277. The van der Waals surface area contributed by atoms with E-state index in [2.05, 4.69) is 69.7 Å². The van der Waals surface area contributed by atoms with Crippen LogP contribution in [0.2, 0.25) is 0 Å². The first kappa shape index (κ1) is 25.1. The number of aliphatic hydroxyl groups excluding tert-OH is 1. The molecule has 3 N–H and O–H groups in total. The fourth-order valence-electron chi connectivity index (χ4n) is 7.07. The standard InChI is InChI=1S/C33H40N4O/c1-7-21-17(3)26-14-28-19(5)23(10-9-13-38)32(36-28)25-12-11-24-20(6)29(37-33(24)25)16-31-22(8-2)18(4)27(35-31)15-30(21)34-26/h14-16,19,23,34-35,38H,7-13H2,1-6H3/t19-,23-/m0/s1. The molecule has 0 unspecified atom stereocenters. The quantitative estimate of drug-likeness (QED) is 0.332. The molecule has 0 fully saturated rings. The lowest BCUT2D eigenvalue weighted by Crippen LogP contribution is -2.05. The van der Waals surface area contributed by atoms with Crippen molar-refractivity contribution in [1.82, 2.24) is 19.9 Å². The SMILES string of the molecule is CCc1c(C)c2cc3[nH]c(cc4nc(c5c6nc(cc1[nH]2)C(C)=C6CC5)[C@@H](CCCO)[C@@H]4C)c(C)c3CC. The van der Waals surface area contributed by atoms with Crippen LogP contribution < -0.4 is 0 Å². The molecule has 5 nitrogen and oxygen atoms in total. The van der Waals surface area contributed by atoms with Gasteiger partial charge in [0.25, 0.3) is 0 Å². The van der Waals surface area contributed by atoms with Crippen LogP contribution in [0.4, 0.5) is 0 Å². The third-order valence-corrected chi connectivity index (χ3v) is 9.39. The Hall–Kier alpha value is -3.18. The molecular formula is C33H40N4O. The number of hydrogen-bond donors (Lipinski definition) is 3. The van der Waals surface area contributed by atoms with Gasteiger partial charge in [-0.05, 0) is 111 Å². The molecule has 0 aromatic carbocycles. The van der Waals surface area contributed by atoms with Crippen LogP contribution in [0, 0.1) is 13.8 Å². The molecule has 8 bridgehead atoms. The van der Waals surface area contributed by atoms with E-state index in [1.54, 1.807) is 0 Å². The number of aliphatic hydroxyl groups is 1. The Balaban J connectivity index is 1.76. The highest BCUT2D eigenvalue weighted by Crippen LogP contribution is 2.47. The molecule has 5 heterocycles. The first-order valence-electron chi connectivity index (χ1n) is 14.4. The lowest BCUT2D eigenvalue weighted by Gasteiger charge is -2.16. The van der Waals surface area contributed by atoms with Crippen LogP contribution >= 0.6 is 0 Å². The van der Waals surface area contributed by atoms with Crippen molar-refractivity contribution in [2.24, 2.45) is 0 Å². The van der Waals surface area contributed by atoms with Gasteiger partial charge in [-0.15, -0.1) is 0 Å². The predicted octanol–water partition coefficient (Wildman–Crippen LogP) is 7.59. The average molecular weight is 509 g/mol. The molecule has 0 amide bonds. The monoisotopic (exact) mass is 508 g/mol. The number of aryl methyl sites for hydroxylation is 4. The largest absolute Gasteiger partial charge is 0.396 e. The summed E-state index contributed by atoms with van der Waals surface area (Å²) in [5.41, 5.74) is 18.6. The summed E-state index contributed by atoms with van der Waals surface area (Å²) >= 11 is 0. The topological polar surface area (TPSA) is 77.6 Å². The number of rotatable bonds is 5. The number of fused-ring (bicyclic) bond motifs is 8. The van der Waals surface area contributed by atoms with Gasteiger partial charge in [0, 0.05) is 57.5 Å². The summed E-state index contributed by atoms with van der Waals surface area (Å²) in [5, 5.41) is 9.66. The highest BCUT2D eigenvalue weighted by molar-refractivity contribution is 5.95. The Morgan fingerprint density at radius 2 is 1.53 bits per heavy atom.